The molecule has 2 heterocycles. The number of aromatic nitrogens is 2. The Bertz CT molecular complexity index is 519. The second kappa shape index (κ2) is 6.39. The van der Waals surface area contributed by atoms with E-state index in [1.165, 1.54) is 24.1 Å². The van der Waals surface area contributed by atoms with Crippen molar-refractivity contribution in [2.75, 3.05) is 31.1 Å². The van der Waals surface area contributed by atoms with E-state index in [1.807, 2.05) is 6.92 Å². The number of piperazine rings is 1. The van der Waals surface area contributed by atoms with Gasteiger partial charge >= 0.3 is 0 Å². The molecule has 0 aromatic carbocycles. The first-order chi connectivity index (χ1) is 10.3. The molecular formula is C15H23N5O. The van der Waals surface area contributed by atoms with Crippen molar-refractivity contribution in [3.63, 3.8) is 0 Å². The summed E-state index contributed by atoms with van der Waals surface area (Å²) in [6.07, 6.45) is 6.09. The molecular weight excluding hydrogens is 266 g/mol. The maximum atomic E-state index is 12.3. The van der Waals surface area contributed by atoms with Gasteiger partial charge in [0.2, 0.25) is 5.91 Å². The number of carbonyl (C=O) groups is 1. The first-order valence-corrected chi connectivity index (χ1v) is 7.89. The Morgan fingerprint density at radius 3 is 3.14 bits per heavy atom. The van der Waals surface area contributed by atoms with Crippen molar-refractivity contribution in [3.05, 3.63) is 17.6 Å². The van der Waals surface area contributed by atoms with Crippen LogP contribution in [0.25, 0.3) is 0 Å². The van der Waals surface area contributed by atoms with Gasteiger partial charge < -0.3 is 15.5 Å². The van der Waals surface area contributed by atoms with Gasteiger partial charge in [0.05, 0.1) is 0 Å². The van der Waals surface area contributed by atoms with E-state index in [2.05, 4.69) is 25.5 Å². The molecule has 2 aliphatic rings. The summed E-state index contributed by atoms with van der Waals surface area (Å²) >= 11 is 0. The summed E-state index contributed by atoms with van der Waals surface area (Å²) in [7, 11) is 0. The van der Waals surface area contributed by atoms with E-state index in [-0.39, 0.29) is 11.9 Å². The minimum Gasteiger partial charge on any atom is -0.355 e. The molecule has 1 atom stereocenters. The van der Waals surface area contributed by atoms with Gasteiger partial charge in [-0.15, -0.1) is 0 Å². The van der Waals surface area contributed by atoms with Crippen molar-refractivity contribution in [3.8, 4) is 0 Å². The molecule has 3 rings (SSSR count). The summed E-state index contributed by atoms with van der Waals surface area (Å²) < 4.78 is 0. The van der Waals surface area contributed by atoms with Crippen LogP contribution in [0.15, 0.2) is 6.33 Å². The summed E-state index contributed by atoms with van der Waals surface area (Å²) in [5, 5.41) is 6.24. The van der Waals surface area contributed by atoms with E-state index in [0.29, 0.717) is 13.1 Å². The summed E-state index contributed by atoms with van der Waals surface area (Å²) in [5.74, 6) is 1.05. The zero-order valence-electron chi connectivity index (χ0n) is 12.6. The molecule has 0 bridgehead atoms. The third-order valence-corrected chi connectivity index (χ3v) is 4.27. The van der Waals surface area contributed by atoms with E-state index in [1.54, 1.807) is 6.33 Å². The Balaban J connectivity index is 1.91. The summed E-state index contributed by atoms with van der Waals surface area (Å²) in [4.78, 5) is 23.4. The topological polar surface area (TPSA) is 70.2 Å². The third-order valence-electron chi connectivity index (χ3n) is 4.27. The molecule has 1 unspecified atom stereocenters. The van der Waals surface area contributed by atoms with E-state index in [4.69, 9.17) is 0 Å². The number of aryl methyl sites for hydroxylation is 1. The van der Waals surface area contributed by atoms with Crippen LogP contribution in [0.1, 0.15) is 31.0 Å². The zero-order chi connectivity index (χ0) is 14.7. The number of fused-ring (bicyclic) bond motifs is 1. The maximum absolute atomic E-state index is 12.3. The average molecular weight is 289 g/mol. The number of amides is 1. The first-order valence-electron chi connectivity index (χ1n) is 7.89. The Morgan fingerprint density at radius 2 is 2.29 bits per heavy atom. The number of carbonyl (C=O) groups excluding carboxylic acids is 1. The van der Waals surface area contributed by atoms with Crippen molar-refractivity contribution in [1.29, 1.82) is 0 Å². The van der Waals surface area contributed by atoms with E-state index >= 15 is 0 Å². The van der Waals surface area contributed by atoms with E-state index in [0.717, 1.165) is 31.7 Å². The van der Waals surface area contributed by atoms with Crippen molar-refractivity contribution >= 4 is 11.7 Å². The molecule has 0 saturated carbocycles. The highest BCUT2D eigenvalue weighted by atomic mass is 16.2. The number of anilines is 1. The van der Waals surface area contributed by atoms with Crippen LogP contribution in [0.5, 0.6) is 0 Å². The van der Waals surface area contributed by atoms with Crippen LogP contribution in [-0.2, 0) is 17.6 Å². The molecule has 0 radical (unpaired) electrons. The Labute approximate surface area is 125 Å². The molecule has 1 fully saturated rings. The molecule has 6 heteroatoms. The number of nitrogens with one attached hydrogen (secondary N) is 2. The minimum atomic E-state index is -0.181. The van der Waals surface area contributed by atoms with Gasteiger partial charge in [0.1, 0.15) is 18.2 Å². The molecule has 114 valence electrons. The standard InChI is InChI=1S/C15H23N5O/c1-2-17-15(21)13-9-16-7-8-20(13)14-11-5-3-4-6-12(11)18-10-19-14/h10,13,16H,2-9H2,1H3,(H,17,21). The van der Waals surface area contributed by atoms with Crippen LogP contribution in [0.3, 0.4) is 0 Å². The Morgan fingerprint density at radius 1 is 1.43 bits per heavy atom. The highest BCUT2D eigenvalue weighted by Crippen LogP contribution is 2.28. The lowest BCUT2D eigenvalue weighted by molar-refractivity contribution is -0.122. The van der Waals surface area contributed by atoms with E-state index < -0.39 is 0 Å². The van der Waals surface area contributed by atoms with Crippen LogP contribution in [-0.4, -0.2) is 48.1 Å². The molecule has 1 saturated heterocycles. The fourth-order valence-corrected chi connectivity index (χ4v) is 3.24. The first kappa shape index (κ1) is 14.3. The highest BCUT2D eigenvalue weighted by molar-refractivity contribution is 5.85. The Hall–Kier alpha value is -1.69. The van der Waals surface area contributed by atoms with Gasteiger partial charge in [-0.2, -0.15) is 0 Å². The largest absolute Gasteiger partial charge is 0.355 e. The fourth-order valence-electron chi connectivity index (χ4n) is 3.24. The lowest BCUT2D eigenvalue weighted by Gasteiger charge is -2.37. The second-order valence-corrected chi connectivity index (χ2v) is 5.64. The normalized spacial score (nSPS) is 21.8. The summed E-state index contributed by atoms with van der Waals surface area (Å²) in [5.41, 5.74) is 2.42. The smallest absolute Gasteiger partial charge is 0.244 e. The zero-order valence-corrected chi connectivity index (χ0v) is 12.6. The van der Waals surface area contributed by atoms with Crippen LogP contribution in [0, 0.1) is 0 Å². The van der Waals surface area contributed by atoms with Gasteiger partial charge in [0, 0.05) is 37.4 Å². The molecule has 6 nitrogen and oxygen atoms in total. The van der Waals surface area contributed by atoms with Crippen molar-refractivity contribution < 1.29 is 4.79 Å². The van der Waals surface area contributed by atoms with Gasteiger partial charge in [0.25, 0.3) is 0 Å². The quantitative estimate of drug-likeness (QED) is 0.836. The molecule has 0 spiro atoms. The molecule has 1 aliphatic heterocycles. The molecule has 1 amide bonds. The van der Waals surface area contributed by atoms with Crippen LogP contribution in [0.2, 0.25) is 0 Å². The number of hydrogen-bond donors (Lipinski definition) is 2. The van der Waals surface area contributed by atoms with E-state index in [9.17, 15) is 4.79 Å². The van der Waals surface area contributed by atoms with Crippen LogP contribution >= 0.6 is 0 Å². The Kier molecular flexibility index (Phi) is 4.34. The van der Waals surface area contributed by atoms with Gasteiger partial charge in [0.15, 0.2) is 0 Å². The number of hydrogen-bond acceptors (Lipinski definition) is 5. The molecule has 1 aromatic heterocycles. The predicted octanol–water partition coefficient (Wildman–Crippen LogP) is 0.270. The fraction of sp³-hybridized carbons (Fsp3) is 0.667. The molecule has 1 aromatic rings. The maximum Gasteiger partial charge on any atom is 0.244 e. The van der Waals surface area contributed by atoms with Gasteiger partial charge in [-0.25, -0.2) is 9.97 Å². The molecule has 1 aliphatic carbocycles. The van der Waals surface area contributed by atoms with Crippen molar-refractivity contribution in [2.24, 2.45) is 0 Å². The second-order valence-electron chi connectivity index (χ2n) is 5.64. The average Bonchev–Trinajstić information content (AvgIpc) is 2.54. The predicted molar refractivity (Wildman–Crippen MR) is 81.4 cm³/mol. The third kappa shape index (κ3) is 2.85. The van der Waals surface area contributed by atoms with Crippen molar-refractivity contribution in [1.82, 2.24) is 20.6 Å². The molecule has 2 N–H and O–H groups in total. The van der Waals surface area contributed by atoms with Crippen LogP contribution in [0.4, 0.5) is 5.82 Å². The number of likely N-dealkylation sites (N-methyl/N-ethyl adjacent to an activating group) is 1. The van der Waals surface area contributed by atoms with Gasteiger partial charge in [-0.05, 0) is 32.6 Å². The van der Waals surface area contributed by atoms with Gasteiger partial charge in [-0.3, -0.25) is 4.79 Å². The lowest BCUT2D eigenvalue weighted by atomic mass is 9.95. The summed E-state index contributed by atoms with van der Waals surface area (Å²) in [6.45, 7) is 4.97. The molecule has 21 heavy (non-hydrogen) atoms. The SMILES string of the molecule is CCNC(=O)C1CNCCN1c1ncnc2c1CCCC2. The lowest BCUT2D eigenvalue weighted by Crippen LogP contribution is -2.58. The van der Waals surface area contributed by atoms with Crippen molar-refractivity contribution in [2.45, 2.75) is 38.6 Å². The minimum absolute atomic E-state index is 0.0767. The number of rotatable bonds is 3. The van der Waals surface area contributed by atoms with Gasteiger partial charge in [-0.1, -0.05) is 0 Å². The van der Waals surface area contributed by atoms with Crippen LogP contribution < -0.4 is 15.5 Å². The monoisotopic (exact) mass is 289 g/mol. The highest BCUT2D eigenvalue weighted by Gasteiger charge is 2.31. The number of nitrogens with zero attached hydrogens (tertiary/aromatic N) is 3. The summed E-state index contributed by atoms with van der Waals surface area (Å²) in [6, 6.07) is -0.181.